The van der Waals surface area contributed by atoms with Gasteiger partial charge in [0.25, 0.3) is 5.91 Å². The minimum absolute atomic E-state index is 0.0313. The van der Waals surface area contributed by atoms with Crippen LogP contribution in [0.3, 0.4) is 0 Å². The third-order valence-corrected chi connectivity index (χ3v) is 7.86. The molecule has 0 fully saturated rings. The molecule has 0 saturated carbocycles. The van der Waals surface area contributed by atoms with Crippen LogP contribution in [0, 0.1) is 11.3 Å². The van der Waals surface area contributed by atoms with Crippen molar-refractivity contribution in [1.82, 2.24) is 5.32 Å². The molecule has 1 atom stereocenters. The molecule has 0 aromatic heterocycles. The Kier molecular flexibility index (Phi) is 10.6. The van der Waals surface area contributed by atoms with Crippen molar-refractivity contribution in [1.29, 1.82) is 5.26 Å². The normalized spacial score (nSPS) is 14.4. The van der Waals surface area contributed by atoms with Crippen LogP contribution in [0.4, 0.5) is 11.4 Å². The lowest BCUT2D eigenvalue weighted by Crippen LogP contribution is -2.31. The van der Waals surface area contributed by atoms with E-state index < -0.39 is 5.92 Å². The molecule has 0 bridgehead atoms. The number of hydrogen-bond acceptors (Lipinski definition) is 8. The second kappa shape index (κ2) is 14.5. The number of nitrogens with zero attached hydrogens (tertiary/aromatic N) is 1. The minimum Gasteiger partial charge on any atom is -0.495 e. The summed E-state index contributed by atoms with van der Waals surface area (Å²) < 4.78 is 16.2. The Labute approximate surface area is 259 Å². The number of thioether (sulfide) groups is 1. The zero-order valence-electron chi connectivity index (χ0n) is 24.1. The van der Waals surface area contributed by atoms with Gasteiger partial charge in [0, 0.05) is 29.1 Å². The number of methoxy groups -OCH3 is 2. The summed E-state index contributed by atoms with van der Waals surface area (Å²) in [4.78, 5) is 26.7. The number of ether oxygens (including phenoxy) is 3. The average Bonchev–Trinajstić information content (AvgIpc) is 3.01. The number of carbonyl (C=O) groups is 2. The smallest absolute Gasteiger partial charge is 0.254 e. The van der Waals surface area contributed by atoms with Crippen LogP contribution in [0.1, 0.15) is 25.3 Å². The van der Waals surface area contributed by atoms with Gasteiger partial charge in [0.15, 0.2) is 0 Å². The minimum atomic E-state index is -0.683. The number of halogens is 1. The maximum atomic E-state index is 13.6. The molecule has 1 aliphatic rings. The van der Waals surface area contributed by atoms with Crippen LogP contribution in [0.2, 0.25) is 5.02 Å². The summed E-state index contributed by atoms with van der Waals surface area (Å²) >= 11 is 7.35. The molecule has 0 radical (unpaired) electrons. The van der Waals surface area contributed by atoms with Gasteiger partial charge in [-0.1, -0.05) is 53.7 Å². The van der Waals surface area contributed by atoms with Crippen molar-refractivity contribution in [2.75, 3.05) is 37.2 Å². The summed E-state index contributed by atoms with van der Waals surface area (Å²) in [6.07, 6.45) is 0. The molecule has 1 unspecified atom stereocenters. The van der Waals surface area contributed by atoms with Crippen LogP contribution >= 0.6 is 23.4 Å². The number of allylic oxidation sites excluding steroid dienone is 2. The Morgan fingerprint density at radius 2 is 1.72 bits per heavy atom. The SMILES string of the molecule is CCOc1ccc(C2C(C#N)=C(SCC(=O)Nc3cc(OC)c(Cl)cc3OC)NC(C)=C2C(=O)Nc2ccccc2)cc1. The topological polar surface area (TPSA) is 122 Å². The third-order valence-electron chi connectivity index (χ3n) is 6.54. The summed E-state index contributed by atoms with van der Waals surface area (Å²) in [6.45, 7) is 4.19. The highest BCUT2D eigenvalue weighted by atomic mass is 35.5. The van der Waals surface area contributed by atoms with Gasteiger partial charge < -0.3 is 30.2 Å². The monoisotopic (exact) mass is 618 g/mol. The van der Waals surface area contributed by atoms with E-state index in [9.17, 15) is 14.9 Å². The van der Waals surface area contributed by atoms with Gasteiger partial charge >= 0.3 is 0 Å². The third kappa shape index (κ3) is 7.44. The fourth-order valence-corrected chi connectivity index (χ4v) is 5.71. The Hall–Kier alpha value is -4.59. The van der Waals surface area contributed by atoms with E-state index >= 15 is 0 Å². The largest absolute Gasteiger partial charge is 0.495 e. The number of hydrogen-bond donors (Lipinski definition) is 3. The molecule has 0 aliphatic carbocycles. The lowest BCUT2D eigenvalue weighted by atomic mass is 9.82. The number of amides is 2. The summed E-state index contributed by atoms with van der Waals surface area (Å²) in [6, 6.07) is 21.8. The second-order valence-corrected chi connectivity index (χ2v) is 10.7. The first-order valence-electron chi connectivity index (χ1n) is 13.3. The van der Waals surface area contributed by atoms with E-state index in [1.54, 1.807) is 31.2 Å². The molecule has 222 valence electrons. The van der Waals surface area contributed by atoms with Gasteiger partial charge in [-0.2, -0.15) is 5.26 Å². The molecule has 1 aliphatic heterocycles. The first-order valence-corrected chi connectivity index (χ1v) is 14.7. The Morgan fingerprint density at radius 1 is 1.02 bits per heavy atom. The van der Waals surface area contributed by atoms with Crippen molar-refractivity contribution in [3.8, 4) is 23.3 Å². The zero-order chi connectivity index (χ0) is 30.9. The number of carbonyl (C=O) groups excluding carboxylic acids is 2. The summed E-state index contributed by atoms with van der Waals surface area (Å²) in [5.74, 6) is 0.0427. The molecule has 3 aromatic carbocycles. The molecule has 43 heavy (non-hydrogen) atoms. The van der Waals surface area contributed by atoms with Crippen molar-refractivity contribution in [3.05, 3.63) is 99.2 Å². The maximum Gasteiger partial charge on any atom is 0.254 e. The lowest BCUT2D eigenvalue weighted by Gasteiger charge is -2.30. The molecule has 9 nitrogen and oxygen atoms in total. The van der Waals surface area contributed by atoms with Gasteiger partial charge in [-0.25, -0.2) is 0 Å². The van der Waals surface area contributed by atoms with Gasteiger partial charge in [-0.05, 0) is 43.7 Å². The van der Waals surface area contributed by atoms with Crippen LogP contribution in [-0.2, 0) is 9.59 Å². The Balaban J connectivity index is 1.63. The zero-order valence-corrected chi connectivity index (χ0v) is 25.7. The van der Waals surface area contributed by atoms with Crippen molar-refractivity contribution >= 4 is 46.6 Å². The van der Waals surface area contributed by atoms with E-state index in [1.807, 2.05) is 49.4 Å². The summed E-state index contributed by atoms with van der Waals surface area (Å²) in [5, 5.41) is 20.2. The van der Waals surface area contributed by atoms with Gasteiger partial charge in [-0.3, -0.25) is 9.59 Å². The highest BCUT2D eigenvalue weighted by Gasteiger charge is 2.35. The van der Waals surface area contributed by atoms with Gasteiger partial charge in [0.1, 0.15) is 17.2 Å². The van der Waals surface area contributed by atoms with E-state index in [0.29, 0.717) is 62.1 Å². The Morgan fingerprint density at radius 3 is 2.35 bits per heavy atom. The molecule has 3 N–H and O–H groups in total. The molecule has 4 rings (SSSR count). The Bertz CT molecular complexity index is 1600. The van der Waals surface area contributed by atoms with Crippen molar-refractivity contribution in [2.24, 2.45) is 0 Å². The molecule has 0 spiro atoms. The fraction of sp³-hybridized carbons (Fsp3) is 0.219. The number of rotatable bonds is 11. The van der Waals surface area contributed by atoms with Crippen LogP contribution < -0.4 is 30.2 Å². The average molecular weight is 619 g/mol. The molecule has 0 saturated heterocycles. The molecule has 11 heteroatoms. The van der Waals surface area contributed by atoms with E-state index in [1.165, 1.54) is 14.2 Å². The number of benzene rings is 3. The summed E-state index contributed by atoms with van der Waals surface area (Å²) in [5.41, 5.74) is 3.04. The molecular formula is C32H31ClN4O5S. The van der Waals surface area contributed by atoms with Crippen LogP contribution in [0.15, 0.2) is 88.6 Å². The number of nitriles is 1. The predicted molar refractivity (Wildman–Crippen MR) is 170 cm³/mol. The molecule has 3 aromatic rings. The van der Waals surface area contributed by atoms with Gasteiger partial charge in [-0.15, -0.1) is 0 Å². The maximum absolute atomic E-state index is 13.6. The predicted octanol–water partition coefficient (Wildman–Crippen LogP) is 6.46. The van der Waals surface area contributed by atoms with E-state index in [-0.39, 0.29) is 17.6 Å². The van der Waals surface area contributed by atoms with E-state index in [4.69, 9.17) is 25.8 Å². The number of para-hydroxylation sites is 1. The first-order chi connectivity index (χ1) is 20.8. The lowest BCUT2D eigenvalue weighted by molar-refractivity contribution is -0.114. The fourth-order valence-electron chi connectivity index (χ4n) is 4.59. The van der Waals surface area contributed by atoms with Crippen LogP contribution in [-0.4, -0.2) is 38.4 Å². The number of dihydropyridines is 1. The molecular weight excluding hydrogens is 588 g/mol. The van der Waals surface area contributed by atoms with Gasteiger partial charge in [0.2, 0.25) is 5.91 Å². The molecule has 2 amide bonds. The van der Waals surface area contributed by atoms with Crippen molar-refractivity contribution in [2.45, 2.75) is 19.8 Å². The van der Waals surface area contributed by atoms with Crippen LogP contribution in [0.5, 0.6) is 17.2 Å². The van der Waals surface area contributed by atoms with E-state index in [0.717, 1.165) is 17.3 Å². The van der Waals surface area contributed by atoms with Gasteiger partial charge in [0.05, 0.1) is 59.9 Å². The second-order valence-electron chi connectivity index (χ2n) is 9.30. The van der Waals surface area contributed by atoms with Crippen LogP contribution in [0.25, 0.3) is 0 Å². The number of anilines is 2. The first kappa shape index (κ1) is 31.3. The summed E-state index contributed by atoms with van der Waals surface area (Å²) in [7, 11) is 2.95. The number of nitrogens with one attached hydrogen (secondary N) is 3. The van der Waals surface area contributed by atoms with Crippen molar-refractivity contribution < 1.29 is 23.8 Å². The van der Waals surface area contributed by atoms with E-state index in [2.05, 4.69) is 22.0 Å². The van der Waals surface area contributed by atoms with Crippen molar-refractivity contribution in [3.63, 3.8) is 0 Å². The highest BCUT2D eigenvalue weighted by molar-refractivity contribution is 8.03. The highest BCUT2D eigenvalue weighted by Crippen LogP contribution is 2.42. The standard InChI is InChI=1S/C32H31ClN4O5S/c1-5-42-22-13-11-20(12-14-22)30-23(17-34)32(35-19(2)29(30)31(39)36-21-9-7-6-8-10-21)43-18-28(38)37-25-16-26(40-3)24(33)15-27(25)41-4/h6-16,30,35H,5,18H2,1-4H3,(H,36,39)(H,37,38). The quantitative estimate of drug-likeness (QED) is 0.224. The molecule has 1 heterocycles.